The Balaban J connectivity index is 3.46. The van der Waals surface area contributed by atoms with E-state index in [4.69, 9.17) is 0 Å². The molecule has 0 bridgehead atoms. The van der Waals surface area contributed by atoms with Gasteiger partial charge >= 0.3 is 6.16 Å². The number of ether oxygens (including phenoxy) is 2. The predicted octanol–water partition coefficient (Wildman–Crippen LogP) is 3.04. The van der Waals surface area contributed by atoms with Crippen LogP contribution in [0.2, 0.25) is 0 Å². The standard InChI is InChI=1S/C7H8I2O3/c8-3-1-5-11-7(10)12-6-2-4-9/h1-2,5-6H,3-4H2. The van der Waals surface area contributed by atoms with E-state index < -0.39 is 6.16 Å². The Morgan fingerprint density at radius 1 is 1.08 bits per heavy atom. The van der Waals surface area contributed by atoms with Crippen molar-refractivity contribution in [1.29, 1.82) is 0 Å². The van der Waals surface area contributed by atoms with Gasteiger partial charge in [-0.15, -0.1) is 0 Å². The van der Waals surface area contributed by atoms with Crippen molar-refractivity contribution in [1.82, 2.24) is 0 Å². The average Bonchev–Trinajstić information content (AvgIpc) is 2.06. The maximum absolute atomic E-state index is 10.6. The smallest absolute Gasteiger partial charge is 0.403 e. The lowest BCUT2D eigenvalue weighted by atomic mass is 10.7. The summed E-state index contributed by atoms with van der Waals surface area (Å²) in [5.41, 5.74) is 0. The zero-order chi connectivity index (χ0) is 9.23. The van der Waals surface area contributed by atoms with E-state index in [2.05, 4.69) is 54.7 Å². The second-order valence-corrected chi connectivity index (χ2v) is 3.30. The van der Waals surface area contributed by atoms with Gasteiger partial charge in [0.05, 0.1) is 12.5 Å². The number of hydrogen-bond donors (Lipinski definition) is 0. The van der Waals surface area contributed by atoms with Crippen molar-refractivity contribution in [2.45, 2.75) is 0 Å². The van der Waals surface area contributed by atoms with Gasteiger partial charge in [0, 0.05) is 8.86 Å². The zero-order valence-electron chi connectivity index (χ0n) is 6.20. The van der Waals surface area contributed by atoms with Crippen molar-refractivity contribution in [3.63, 3.8) is 0 Å². The van der Waals surface area contributed by atoms with Gasteiger partial charge in [0.25, 0.3) is 0 Å². The molecule has 12 heavy (non-hydrogen) atoms. The molecule has 0 saturated carbocycles. The van der Waals surface area contributed by atoms with Gasteiger partial charge < -0.3 is 9.47 Å². The maximum atomic E-state index is 10.6. The molecule has 0 saturated heterocycles. The van der Waals surface area contributed by atoms with Gasteiger partial charge in [0.1, 0.15) is 0 Å². The first kappa shape index (κ1) is 12.2. The van der Waals surface area contributed by atoms with E-state index in [0.29, 0.717) is 0 Å². The normalized spacial score (nSPS) is 10.8. The first-order valence-corrected chi connectivity index (χ1v) is 6.15. The molecule has 0 aromatic rings. The summed E-state index contributed by atoms with van der Waals surface area (Å²) in [4.78, 5) is 10.6. The lowest BCUT2D eigenvalue weighted by Gasteiger charge is -1.94. The molecule has 68 valence electrons. The molecule has 5 heteroatoms. The third-order valence-corrected chi connectivity index (χ3v) is 1.72. The summed E-state index contributed by atoms with van der Waals surface area (Å²) in [6.45, 7) is 0. The molecule has 0 aliphatic rings. The molecule has 0 aromatic heterocycles. The van der Waals surface area contributed by atoms with Crippen LogP contribution in [-0.2, 0) is 9.47 Å². The molecular formula is C7H8I2O3. The lowest BCUT2D eigenvalue weighted by molar-refractivity contribution is 0.119. The predicted molar refractivity (Wildman–Crippen MR) is 63.6 cm³/mol. The van der Waals surface area contributed by atoms with Crippen LogP contribution in [0.3, 0.4) is 0 Å². The molecule has 0 heterocycles. The van der Waals surface area contributed by atoms with E-state index in [1.54, 1.807) is 12.2 Å². The topological polar surface area (TPSA) is 35.5 Å². The molecule has 0 amide bonds. The van der Waals surface area contributed by atoms with Crippen LogP contribution in [-0.4, -0.2) is 15.0 Å². The van der Waals surface area contributed by atoms with Crippen molar-refractivity contribution >= 4 is 51.3 Å². The molecule has 0 spiro atoms. The van der Waals surface area contributed by atoms with Gasteiger partial charge in [0.2, 0.25) is 0 Å². The van der Waals surface area contributed by atoms with Crippen molar-refractivity contribution in [3.05, 3.63) is 24.7 Å². The number of halogens is 2. The van der Waals surface area contributed by atoms with Crippen LogP contribution in [0.25, 0.3) is 0 Å². The van der Waals surface area contributed by atoms with Gasteiger partial charge in [-0.05, 0) is 12.2 Å². The Morgan fingerprint density at radius 2 is 1.50 bits per heavy atom. The van der Waals surface area contributed by atoms with Crippen LogP contribution < -0.4 is 0 Å². The monoisotopic (exact) mass is 394 g/mol. The van der Waals surface area contributed by atoms with Gasteiger partial charge in [-0.2, -0.15) is 0 Å². The molecular weight excluding hydrogens is 386 g/mol. The van der Waals surface area contributed by atoms with Crippen molar-refractivity contribution in [2.24, 2.45) is 0 Å². The minimum Gasteiger partial charge on any atom is -0.403 e. The summed E-state index contributed by atoms with van der Waals surface area (Å²) in [6.07, 6.45) is 5.34. The SMILES string of the molecule is O=C(OC=CCI)OC=CCI. The molecule has 0 atom stereocenters. The summed E-state index contributed by atoms with van der Waals surface area (Å²) < 4.78 is 10.7. The maximum Gasteiger partial charge on any atom is 0.518 e. The highest BCUT2D eigenvalue weighted by Crippen LogP contribution is 1.91. The third kappa shape index (κ3) is 8.31. The van der Waals surface area contributed by atoms with E-state index in [1.807, 2.05) is 0 Å². The fourth-order valence-electron chi connectivity index (χ4n) is 0.308. The molecule has 0 aliphatic carbocycles. The number of hydrogen-bond acceptors (Lipinski definition) is 3. The average molecular weight is 394 g/mol. The minimum atomic E-state index is -0.711. The first-order chi connectivity index (χ1) is 5.81. The highest BCUT2D eigenvalue weighted by atomic mass is 127. The number of alkyl halides is 2. The number of carbonyl (C=O) groups excluding carboxylic acids is 1. The van der Waals surface area contributed by atoms with Crippen molar-refractivity contribution in [2.75, 3.05) is 8.86 Å². The molecule has 0 unspecified atom stereocenters. The van der Waals surface area contributed by atoms with Crippen LogP contribution in [0.1, 0.15) is 0 Å². The van der Waals surface area contributed by atoms with Gasteiger partial charge in [-0.1, -0.05) is 45.2 Å². The molecule has 0 N–H and O–H groups in total. The van der Waals surface area contributed by atoms with E-state index in [0.717, 1.165) is 8.86 Å². The molecule has 0 rings (SSSR count). The van der Waals surface area contributed by atoms with Gasteiger partial charge in [-0.3, -0.25) is 0 Å². The first-order valence-electron chi connectivity index (χ1n) is 3.10. The number of carbonyl (C=O) groups is 1. The van der Waals surface area contributed by atoms with E-state index in [-0.39, 0.29) is 0 Å². The van der Waals surface area contributed by atoms with E-state index in [1.165, 1.54) is 12.5 Å². The van der Waals surface area contributed by atoms with Gasteiger partial charge in [0.15, 0.2) is 0 Å². The molecule has 0 aliphatic heterocycles. The fourth-order valence-corrected chi connectivity index (χ4v) is 0.723. The Morgan fingerprint density at radius 3 is 1.83 bits per heavy atom. The van der Waals surface area contributed by atoms with Crippen LogP contribution in [0.4, 0.5) is 4.79 Å². The summed E-state index contributed by atoms with van der Waals surface area (Å²) in [5.74, 6) is 0. The highest BCUT2D eigenvalue weighted by molar-refractivity contribution is 14.1. The van der Waals surface area contributed by atoms with Crippen LogP contribution in [0.15, 0.2) is 24.7 Å². The quantitative estimate of drug-likeness (QED) is 0.319. The van der Waals surface area contributed by atoms with Crippen molar-refractivity contribution in [3.8, 4) is 0 Å². The Hall–Kier alpha value is 0.210. The lowest BCUT2D eigenvalue weighted by Crippen LogP contribution is -1.97. The van der Waals surface area contributed by atoms with E-state index >= 15 is 0 Å². The van der Waals surface area contributed by atoms with Crippen LogP contribution in [0.5, 0.6) is 0 Å². The van der Waals surface area contributed by atoms with E-state index in [9.17, 15) is 4.79 Å². The van der Waals surface area contributed by atoms with Gasteiger partial charge in [-0.25, -0.2) is 4.79 Å². The number of allylic oxidation sites excluding steroid dienone is 2. The van der Waals surface area contributed by atoms with Crippen molar-refractivity contribution < 1.29 is 14.3 Å². The Bertz CT molecular complexity index is 159. The Kier molecular flexibility index (Phi) is 9.46. The summed E-state index contributed by atoms with van der Waals surface area (Å²) >= 11 is 4.27. The highest BCUT2D eigenvalue weighted by Gasteiger charge is 1.95. The summed E-state index contributed by atoms with van der Waals surface area (Å²) in [7, 11) is 0. The van der Waals surface area contributed by atoms with Crippen LogP contribution >= 0.6 is 45.2 Å². The molecule has 3 nitrogen and oxygen atoms in total. The molecule has 0 fully saturated rings. The second kappa shape index (κ2) is 9.30. The molecule has 0 radical (unpaired) electrons. The minimum absolute atomic E-state index is 0.711. The third-order valence-electron chi connectivity index (χ3n) is 0.699. The second-order valence-electron chi connectivity index (χ2n) is 1.54. The Labute approximate surface area is 98.5 Å². The molecule has 0 aromatic carbocycles. The zero-order valence-corrected chi connectivity index (χ0v) is 10.5. The summed E-state index contributed by atoms with van der Waals surface area (Å²) in [5, 5.41) is 0. The summed E-state index contributed by atoms with van der Waals surface area (Å²) in [6, 6.07) is 0. The fraction of sp³-hybridized carbons (Fsp3) is 0.286. The largest absolute Gasteiger partial charge is 0.518 e. The van der Waals surface area contributed by atoms with Crippen LogP contribution in [0, 0.1) is 0 Å². The number of rotatable bonds is 4.